The third-order valence-corrected chi connectivity index (χ3v) is 4.00. The zero-order valence-electron chi connectivity index (χ0n) is 13.7. The number of hydrogen-bond donors (Lipinski definition) is 1. The van der Waals surface area contributed by atoms with E-state index in [1.54, 1.807) is 35.2 Å². The summed E-state index contributed by atoms with van der Waals surface area (Å²) in [6, 6.07) is 12.6. The van der Waals surface area contributed by atoms with Gasteiger partial charge in [0.1, 0.15) is 0 Å². The maximum Gasteiger partial charge on any atom is 0.200 e. The third-order valence-electron chi connectivity index (χ3n) is 4.00. The van der Waals surface area contributed by atoms with Gasteiger partial charge in [-0.05, 0) is 36.4 Å². The Labute approximate surface area is 143 Å². The molecule has 0 fully saturated rings. The first-order valence-electron chi connectivity index (χ1n) is 7.67. The van der Waals surface area contributed by atoms with Crippen LogP contribution in [0, 0.1) is 0 Å². The van der Waals surface area contributed by atoms with E-state index in [1.165, 1.54) is 7.11 Å². The molecular weight excluding hydrogens is 320 g/mol. The van der Waals surface area contributed by atoms with Gasteiger partial charge in [0.05, 0.1) is 25.3 Å². The van der Waals surface area contributed by atoms with E-state index in [2.05, 4.69) is 10.1 Å². The summed E-state index contributed by atoms with van der Waals surface area (Å²) in [5.74, 6) is 1.90. The molecule has 1 N–H and O–H groups in total. The Bertz CT molecular complexity index is 1020. The van der Waals surface area contributed by atoms with E-state index in [1.807, 2.05) is 36.2 Å². The normalized spacial score (nSPS) is 11.0. The van der Waals surface area contributed by atoms with Gasteiger partial charge < -0.3 is 14.3 Å². The number of ether oxygens (including phenoxy) is 1. The molecule has 0 aliphatic heterocycles. The molecule has 1 aromatic carbocycles. The zero-order chi connectivity index (χ0) is 17.4. The highest BCUT2D eigenvalue weighted by atomic mass is 16.5. The average Bonchev–Trinajstić information content (AvgIpc) is 3.31. The Morgan fingerprint density at radius 1 is 1.20 bits per heavy atom. The Balaban J connectivity index is 1.82. The smallest absolute Gasteiger partial charge is 0.200 e. The minimum absolute atomic E-state index is 0.0891. The third kappa shape index (κ3) is 2.55. The topological polar surface area (TPSA) is 76.0 Å². The van der Waals surface area contributed by atoms with Crippen LogP contribution in [-0.4, -0.2) is 33.9 Å². The van der Waals surface area contributed by atoms with Gasteiger partial charge in [-0.15, -0.1) is 5.10 Å². The molecule has 0 spiro atoms. The van der Waals surface area contributed by atoms with Crippen molar-refractivity contribution in [2.75, 3.05) is 19.1 Å². The second-order valence-corrected chi connectivity index (χ2v) is 5.50. The largest absolute Gasteiger partial charge is 0.504 e. The van der Waals surface area contributed by atoms with Crippen LogP contribution < -0.4 is 9.64 Å². The van der Waals surface area contributed by atoms with Gasteiger partial charge in [0, 0.05) is 18.7 Å². The SMILES string of the molecule is COc1cc(-c2cnc3ccc(N(C)c4ccco4)nn23)ccc1O. The summed E-state index contributed by atoms with van der Waals surface area (Å²) in [6.45, 7) is 0. The van der Waals surface area contributed by atoms with Gasteiger partial charge in [0.25, 0.3) is 0 Å². The number of benzene rings is 1. The molecule has 4 rings (SSSR count). The number of anilines is 2. The van der Waals surface area contributed by atoms with E-state index in [-0.39, 0.29) is 5.75 Å². The van der Waals surface area contributed by atoms with Crippen molar-refractivity contribution in [1.29, 1.82) is 0 Å². The van der Waals surface area contributed by atoms with Crippen LogP contribution in [0.5, 0.6) is 11.5 Å². The number of fused-ring (bicyclic) bond motifs is 1. The van der Waals surface area contributed by atoms with Crippen LogP contribution in [0.25, 0.3) is 16.9 Å². The lowest BCUT2D eigenvalue weighted by Crippen LogP contribution is -2.12. The molecule has 25 heavy (non-hydrogen) atoms. The number of hydrogen-bond acceptors (Lipinski definition) is 6. The molecular formula is C18H16N4O3. The van der Waals surface area contributed by atoms with Crippen molar-refractivity contribution < 1.29 is 14.3 Å². The molecule has 126 valence electrons. The quantitative estimate of drug-likeness (QED) is 0.615. The van der Waals surface area contributed by atoms with E-state index in [9.17, 15) is 5.11 Å². The van der Waals surface area contributed by atoms with Crippen LogP contribution >= 0.6 is 0 Å². The molecule has 0 unspecified atom stereocenters. The van der Waals surface area contributed by atoms with Crippen molar-refractivity contribution in [2.45, 2.75) is 0 Å². The molecule has 0 radical (unpaired) electrons. The number of furan rings is 1. The predicted molar refractivity (Wildman–Crippen MR) is 93.4 cm³/mol. The molecule has 0 atom stereocenters. The number of methoxy groups -OCH3 is 1. The maximum absolute atomic E-state index is 9.79. The van der Waals surface area contributed by atoms with E-state index in [0.717, 1.165) is 16.9 Å². The standard InChI is InChI=1S/C18H16N4O3/c1-21(18-4-3-9-25-18)17-8-7-16-19-11-13(22(16)20-17)12-5-6-14(23)15(10-12)24-2/h3-11,23H,1-2H3. The van der Waals surface area contributed by atoms with Crippen molar-refractivity contribution in [2.24, 2.45) is 0 Å². The Kier molecular flexibility index (Phi) is 3.53. The lowest BCUT2D eigenvalue weighted by molar-refractivity contribution is 0.373. The molecule has 4 aromatic rings. The summed E-state index contributed by atoms with van der Waals surface area (Å²) in [4.78, 5) is 6.24. The maximum atomic E-state index is 9.79. The minimum Gasteiger partial charge on any atom is -0.504 e. The van der Waals surface area contributed by atoms with Crippen LogP contribution in [0.3, 0.4) is 0 Å². The summed E-state index contributed by atoms with van der Waals surface area (Å²) in [5.41, 5.74) is 2.36. The van der Waals surface area contributed by atoms with Gasteiger partial charge >= 0.3 is 0 Å². The van der Waals surface area contributed by atoms with Gasteiger partial charge in [-0.3, -0.25) is 4.90 Å². The molecule has 0 saturated heterocycles. The first kappa shape index (κ1) is 15.1. The summed E-state index contributed by atoms with van der Waals surface area (Å²) in [5, 5.41) is 14.5. The highest BCUT2D eigenvalue weighted by Gasteiger charge is 2.13. The summed E-state index contributed by atoms with van der Waals surface area (Å²) in [7, 11) is 3.40. The molecule has 7 nitrogen and oxygen atoms in total. The number of phenols is 1. The predicted octanol–water partition coefficient (Wildman–Crippen LogP) is 3.47. The number of aromatic nitrogens is 3. The van der Waals surface area contributed by atoms with Gasteiger partial charge in [0.15, 0.2) is 23.0 Å². The highest BCUT2D eigenvalue weighted by Crippen LogP contribution is 2.32. The van der Waals surface area contributed by atoms with Crippen molar-refractivity contribution in [1.82, 2.24) is 14.6 Å². The van der Waals surface area contributed by atoms with E-state index >= 15 is 0 Å². The molecule has 0 saturated carbocycles. The van der Waals surface area contributed by atoms with Gasteiger partial charge in [-0.25, -0.2) is 9.50 Å². The van der Waals surface area contributed by atoms with Gasteiger partial charge in [-0.1, -0.05) is 0 Å². The van der Waals surface area contributed by atoms with Crippen LogP contribution in [0.4, 0.5) is 11.7 Å². The fraction of sp³-hybridized carbons (Fsp3) is 0.111. The molecule has 0 aliphatic rings. The number of phenolic OH excluding ortho intramolecular Hbond substituents is 1. The number of rotatable bonds is 4. The molecule has 3 heterocycles. The summed E-state index contributed by atoms with van der Waals surface area (Å²) < 4.78 is 12.4. The fourth-order valence-corrected chi connectivity index (χ4v) is 2.65. The van der Waals surface area contributed by atoms with Crippen LogP contribution in [0.1, 0.15) is 0 Å². The first-order chi connectivity index (χ1) is 12.2. The molecule has 0 aliphatic carbocycles. The van der Waals surface area contributed by atoms with Crippen molar-refractivity contribution in [3.05, 3.63) is 54.9 Å². The Morgan fingerprint density at radius 3 is 2.84 bits per heavy atom. The van der Waals surface area contributed by atoms with Crippen LogP contribution in [0.2, 0.25) is 0 Å². The second kappa shape index (κ2) is 5.86. The van der Waals surface area contributed by atoms with E-state index < -0.39 is 0 Å². The van der Waals surface area contributed by atoms with Gasteiger partial charge in [-0.2, -0.15) is 0 Å². The van der Waals surface area contributed by atoms with E-state index in [0.29, 0.717) is 17.5 Å². The minimum atomic E-state index is 0.0891. The highest BCUT2D eigenvalue weighted by molar-refractivity contribution is 5.67. The Hall–Kier alpha value is -3.48. The molecule has 0 bridgehead atoms. The first-order valence-corrected chi connectivity index (χ1v) is 7.67. The summed E-state index contributed by atoms with van der Waals surface area (Å²) >= 11 is 0. The summed E-state index contributed by atoms with van der Waals surface area (Å²) in [6.07, 6.45) is 3.36. The molecule has 3 aromatic heterocycles. The van der Waals surface area contributed by atoms with E-state index in [4.69, 9.17) is 9.15 Å². The van der Waals surface area contributed by atoms with Crippen LogP contribution in [0.15, 0.2) is 59.3 Å². The average molecular weight is 336 g/mol. The van der Waals surface area contributed by atoms with Crippen molar-refractivity contribution in [3.8, 4) is 22.8 Å². The molecule has 0 amide bonds. The van der Waals surface area contributed by atoms with Gasteiger partial charge in [0.2, 0.25) is 5.88 Å². The number of imidazole rings is 1. The lowest BCUT2D eigenvalue weighted by atomic mass is 10.1. The van der Waals surface area contributed by atoms with Crippen LogP contribution in [-0.2, 0) is 0 Å². The molecule has 7 heteroatoms. The lowest BCUT2D eigenvalue weighted by Gasteiger charge is -2.15. The second-order valence-electron chi connectivity index (χ2n) is 5.50. The van der Waals surface area contributed by atoms with Crippen molar-refractivity contribution in [3.63, 3.8) is 0 Å². The monoisotopic (exact) mass is 336 g/mol. The Morgan fingerprint density at radius 2 is 2.08 bits per heavy atom. The van der Waals surface area contributed by atoms with Crippen molar-refractivity contribution >= 4 is 17.3 Å². The fourth-order valence-electron chi connectivity index (χ4n) is 2.65. The number of nitrogens with zero attached hydrogens (tertiary/aromatic N) is 4. The zero-order valence-corrected chi connectivity index (χ0v) is 13.7. The number of aromatic hydroxyl groups is 1.